The maximum atomic E-state index is 9.11. The lowest BCUT2D eigenvalue weighted by atomic mass is 10.2. The van der Waals surface area contributed by atoms with Crippen molar-refractivity contribution in [1.82, 2.24) is 15.0 Å². The predicted octanol–water partition coefficient (Wildman–Crippen LogP) is 1.98. The molecular formula is C14H17N7. The van der Waals surface area contributed by atoms with Crippen molar-refractivity contribution in [2.75, 3.05) is 36.2 Å². The second-order valence-electron chi connectivity index (χ2n) is 4.49. The first-order valence-corrected chi connectivity index (χ1v) is 6.57. The molecule has 0 spiro atoms. The molecule has 0 amide bonds. The number of aromatic nitrogens is 3. The zero-order valence-corrected chi connectivity index (χ0v) is 12.3. The minimum Gasteiger partial charge on any atom is -0.354 e. The molecule has 0 atom stereocenters. The highest BCUT2D eigenvalue weighted by atomic mass is 15.3. The zero-order chi connectivity index (χ0) is 15.2. The third-order valence-corrected chi connectivity index (χ3v) is 2.65. The lowest BCUT2D eigenvalue weighted by Gasteiger charge is -2.14. The van der Waals surface area contributed by atoms with Crippen molar-refractivity contribution in [1.29, 1.82) is 5.26 Å². The lowest BCUT2D eigenvalue weighted by molar-refractivity contribution is 0.953. The molecule has 0 fully saturated rings. The molecule has 1 aromatic carbocycles. The average Bonchev–Trinajstić information content (AvgIpc) is 2.48. The molecule has 1 heterocycles. The number of benzene rings is 1. The summed E-state index contributed by atoms with van der Waals surface area (Å²) >= 11 is 0. The molecule has 7 heteroatoms. The van der Waals surface area contributed by atoms with Crippen LogP contribution in [0, 0.1) is 11.3 Å². The van der Waals surface area contributed by atoms with Crippen LogP contribution < -0.4 is 15.5 Å². The SMILES string of the molecule is CCNc1nc(Nc2ccccc2C#N)nc(N(C)C)n1. The first-order valence-electron chi connectivity index (χ1n) is 6.57. The molecule has 1 aromatic heterocycles. The molecule has 7 nitrogen and oxygen atoms in total. The van der Waals surface area contributed by atoms with Crippen LogP contribution in [0.4, 0.5) is 23.5 Å². The molecule has 0 unspecified atom stereocenters. The van der Waals surface area contributed by atoms with Gasteiger partial charge in [-0.05, 0) is 19.1 Å². The molecule has 2 aromatic rings. The summed E-state index contributed by atoms with van der Waals surface area (Å²) in [4.78, 5) is 14.7. The van der Waals surface area contributed by atoms with Gasteiger partial charge in [0, 0.05) is 20.6 Å². The van der Waals surface area contributed by atoms with Crippen molar-refractivity contribution >= 4 is 23.5 Å². The van der Waals surface area contributed by atoms with Crippen molar-refractivity contribution in [2.24, 2.45) is 0 Å². The summed E-state index contributed by atoms with van der Waals surface area (Å²) in [6.45, 7) is 2.68. The van der Waals surface area contributed by atoms with Crippen molar-refractivity contribution in [3.63, 3.8) is 0 Å². The Hall–Kier alpha value is -2.88. The molecule has 2 N–H and O–H groups in total. The Morgan fingerprint density at radius 1 is 1.14 bits per heavy atom. The molecular weight excluding hydrogens is 266 g/mol. The maximum absolute atomic E-state index is 9.11. The Kier molecular flexibility index (Phi) is 4.51. The Morgan fingerprint density at radius 2 is 1.86 bits per heavy atom. The van der Waals surface area contributed by atoms with Crippen molar-refractivity contribution in [3.8, 4) is 6.07 Å². The zero-order valence-electron chi connectivity index (χ0n) is 12.3. The van der Waals surface area contributed by atoms with Crippen LogP contribution in [0.3, 0.4) is 0 Å². The molecule has 0 bridgehead atoms. The van der Waals surface area contributed by atoms with Crippen LogP contribution in [-0.2, 0) is 0 Å². The lowest BCUT2D eigenvalue weighted by Crippen LogP contribution is -2.16. The minimum absolute atomic E-state index is 0.396. The van der Waals surface area contributed by atoms with Crippen LogP contribution in [0.15, 0.2) is 24.3 Å². The highest BCUT2D eigenvalue weighted by molar-refractivity contribution is 5.63. The van der Waals surface area contributed by atoms with Crippen LogP contribution >= 0.6 is 0 Å². The van der Waals surface area contributed by atoms with Crippen LogP contribution in [0.2, 0.25) is 0 Å². The quantitative estimate of drug-likeness (QED) is 0.867. The Balaban J connectivity index is 2.37. The van der Waals surface area contributed by atoms with Gasteiger partial charge in [-0.3, -0.25) is 0 Å². The number of rotatable bonds is 5. The van der Waals surface area contributed by atoms with Gasteiger partial charge in [0.25, 0.3) is 0 Å². The van der Waals surface area contributed by atoms with Crippen LogP contribution in [0.25, 0.3) is 0 Å². The van der Waals surface area contributed by atoms with E-state index in [1.165, 1.54) is 0 Å². The number of nitriles is 1. The van der Waals surface area contributed by atoms with E-state index in [2.05, 4.69) is 31.7 Å². The monoisotopic (exact) mass is 283 g/mol. The Morgan fingerprint density at radius 3 is 2.52 bits per heavy atom. The summed E-state index contributed by atoms with van der Waals surface area (Å²) in [5.41, 5.74) is 1.20. The molecule has 0 aliphatic rings. The third-order valence-electron chi connectivity index (χ3n) is 2.65. The van der Waals surface area contributed by atoms with E-state index in [-0.39, 0.29) is 0 Å². The standard InChI is InChI=1S/C14H17N7/c1-4-16-12-18-13(20-14(19-12)21(2)3)17-11-8-6-5-7-10(11)9-15/h5-8H,4H2,1-3H3,(H2,16,17,18,19,20). The van der Waals surface area contributed by atoms with Gasteiger partial charge in [-0.15, -0.1) is 0 Å². The van der Waals surface area contributed by atoms with Gasteiger partial charge >= 0.3 is 0 Å². The van der Waals surface area contributed by atoms with Gasteiger partial charge in [0.2, 0.25) is 17.8 Å². The van der Waals surface area contributed by atoms with Gasteiger partial charge in [-0.1, -0.05) is 12.1 Å². The third kappa shape index (κ3) is 3.57. The van der Waals surface area contributed by atoms with Gasteiger partial charge in [0.05, 0.1) is 11.3 Å². The summed E-state index contributed by atoms with van der Waals surface area (Å²) < 4.78 is 0. The number of para-hydroxylation sites is 1. The van der Waals surface area contributed by atoms with E-state index in [1.807, 2.05) is 39.2 Å². The fourth-order valence-corrected chi connectivity index (χ4v) is 1.67. The molecule has 0 saturated carbocycles. The normalized spacial score (nSPS) is 9.81. The highest BCUT2D eigenvalue weighted by Crippen LogP contribution is 2.19. The van der Waals surface area contributed by atoms with Crippen LogP contribution in [0.1, 0.15) is 12.5 Å². The molecule has 0 saturated heterocycles. The number of hydrogen-bond donors (Lipinski definition) is 2. The topological polar surface area (TPSA) is 89.8 Å². The van der Waals surface area contributed by atoms with E-state index in [4.69, 9.17) is 5.26 Å². The summed E-state index contributed by atoms with van der Waals surface area (Å²) in [6.07, 6.45) is 0. The van der Waals surface area contributed by atoms with Gasteiger partial charge in [0.15, 0.2) is 0 Å². The second kappa shape index (κ2) is 6.52. The molecule has 0 radical (unpaired) electrons. The highest BCUT2D eigenvalue weighted by Gasteiger charge is 2.09. The number of nitrogens with zero attached hydrogens (tertiary/aromatic N) is 5. The van der Waals surface area contributed by atoms with Crippen molar-refractivity contribution < 1.29 is 0 Å². The smallest absolute Gasteiger partial charge is 0.233 e. The largest absolute Gasteiger partial charge is 0.354 e. The first-order chi connectivity index (χ1) is 10.1. The molecule has 0 aliphatic carbocycles. The minimum atomic E-state index is 0.396. The van der Waals surface area contributed by atoms with Gasteiger partial charge < -0.3 is 15.5 Å². The molecule has 2 rings (SSSR count). The summed E-state index contributed by atoms with van der Waals surface area (Å²) in [6, 6.07) is 9.34. The molecule has 0 aliphatic heterocycles. The Bertz CT molecular complexity index is 661. The number of anilines is 4. The average molecular weight is 283 g/mol. The molecule has 21 heavy (non-hydrogen) atoms. The van der Waals surface area contributed by atoms with Crippen molar-refractivity contribution in [3.05, 3.63) is 29.8 Å². The fraction of sp³-hybridized carbons (Fsp3) is 0.286. The van der Waals surface area contributed by atoms with E-state index < -0.39 is 0 Å². The van der Waals surface area contributed by atoms with Gasteiger partial charge in [-0.25, -0.2) is 0 Å². The fourth-order valence-electron chi connectivity index (χ4n) is 1.67. The summed E-state index contributed by atoms with van der Waals surface area (Å²) in [5, 5.41) is 15.2. The second-order valence-corrected chi connectivity index (χ2v) is 4.49. The maximum Gasteiger partial charge on any atom is 0.233 e. The Labute approximate surface area is 123 Å². The van der Waals surface area contributed by atoms with E-state index in [0.717, 1.165) is 0 Å². The number of hydrogen-bond acceptors (Lipinski definition) is 7. The predicted molar refractivity (Wildman–Crippen MR) is 82.8 cm³/mol. The van der Waals surface area contributed by atoms with Crippen molar-refractivity contribution in [2.45, 2.75) is 6.92 Å². The van der Waals surface area contributed by atoms with Gasteiger partial charge in [0.1, 0.15) is 6.07 Å². The summed E-state index contributed by atoms with van der Waals surface area (Å²) in [7, 11) is 3.72. The first kappa shape index (κ1) is 14.5. The van der Waals surface area contributed by atoms with Crippen LogP contribution in [-0.4, -0.2) is 35.6 Å². The van der Waals surface area contributed by atoms with Gasteiger partial charge in [-0.2, -0.15) is 20.2 Å². The van der Waals surface area contributed by atoms with E-state index in [9.17, 15) is 0 Å². The molecule has 108 valence electrons. The van der Waals surface area contributed by atoms with E-state index >= 15 is 0 Å². The van der Waals surface area contributed by atoms with E-state index in [0.29, 0.717) is 35.6 Å². The summed E-state index contributed by atoms with van der Waals surface area (Å²) in [5.74, 6) is 1.43. The van der Waals surface area contributed by atoms with Crippen LogP contribution in [0.5, 0.6) is 0 Å². The number of nitrogens with one attached hydrogen (secondary N) is 2. The van der Waals surface area contributed by atoms with E-state index in [1.54, 1.807) is 11.0 Å².